The molecule has 1 rings (SSSR count). The zero-order chi connectivity index (χ0) is 15.6. The minimum absolute atomic E-state index is 0.314. The molecule has 1 aromatic carbocycles. The van der Waals surface area contributed by atoms with Gasteiger partial charge in [0.05, 0.1) is 0 Å². The lowest BCUT2D eigenvalue weighted by molar-refractivity contribution is -0.141. The third-order valence-electron chi connectivity index (χ3n) is 4.24. The van der Waals surface area contributed by atoms with Gasteiger partial charge < -0.3 is 10.4 Å². The van der Waals surface area contributed by atoms with Crippen LogP contribution in [-0.4, -0.2) is 23.0 Å². The fraction of sp³-hybridized carbons (Fsp3) is 0.500. The molecule has 1 unspecified atom stereocenters. The van der Waals surface area contributed by atoms with Crippen LogP contribution in [0.2, 0.25) is 0 Å². The Kier molecular flexibility index (Phi) is 4.93. The molecule has 2 N–H and O–H groups in total. The fourth-order valence-corrected chi connectivity index (χ4v) is 2.53. The van der Waals surface area contributed by atoms with Gasteiger partial charge in [0.2, 0.25) is 5.91 Å². The topological polar surface area (TPSA) is 66.4 Å². The standard InChI is InChI=1S/C16H23NO3/c1-8-9(2)11(4)14(12(5)10(8)3)7-15(16(19)20)17-13(6)18/h15H,7H2,1-6H3,(H,17,18)(H,19,20). The molecule has 0 bridgehead atoms. The average Bonchev–Trinajstić information content (AvgIpc) is 2.37. The second-order valence-corrected chi connectivity index (χ2v) is 5.40. The van der Waals surface area contributed by atoms with E-state index in [0.29, 0.717) is 6.42 Å². The van der Waals surface area contributed by atoms with Gasteiger partial charge in [0.1, 0.15) is 6.04 Å². The molecule has 110 valence electrons. The van der Waals surface area contributed by atoms with Crippen LogP contribution >= 0.6 is 0 Å². The first kappa shape index (κ1) is 16.2. The molecular weight excluding hydrogens is 254 g/mol. The lowest BCUT2D eigenvalue weighted by Crippen LogP contribution is -2.41. The molecule has 0 heterocycles. The highest BCUT2D eigenvalue weighted by Crippen LogP contribution is 2.27. The zero-order valence-electron chi connectivity index (χ0n) is 13.0. The van der Waals surface area contributed by atoms with E-state index in [0.717, 1.165) is 16.7 Å². The van der Waals surface area contributed by atoms with Crippen molar-refractivity contribution in [2.24, 2.45) is 0 Å². The normalized spacial score (nSPS) is 12.1. The van der Waals surface area contributed by atoms with E-state index >= 15 is 0 Å². The van der Waals surface area contributed by atoms with E-state index in [1.54, 1.807) is 0 Å². The van der Waals surface area contributed by atoms with Gasteiger partial charge in [-0.15, -0.1) is 0 Å². The molecule has 4 heteroatoms. The average molecular weight is 277 g/mol. The van der Waals surface area contributed by atoms with Crippen LogP contribution in [0.4, 0.5) is 0 Å². The summed E-state index contributed by atoms with van der Waals surface area (Å²) in [5.74, 6) is -1.33. The number of hydrogen-bond donors (Lipinski definition) is 2. The molecule has 20 heavy (non-hydrogen) atoms. The summed E-state index contributed by atoms with van der Waals surface area (Å²) in [4.78, 5) is 22.4. The second kappa shape index (κ2) is 6.07. The molecule has 0 aliphatic carbocycles. The van der Waals surface area contributed by atoms with Crippen LogP contribution in [0, 0.1) is 34.6 Å². The van der Waals surface area contributed by atoms with Crippen LogP contribution in [-0.2, 0) is 16.0 Å². The van der Waals surface area contributed by atoms with Gasteiger partial charge in [0.15, 0.2) is 0 Å². The Labute approximate surface area is 120 Å². The molecule has 0 aliphatic heterocycles. The summed E-state index contributed by atoms with van der Waals surface area (Å²) in [5, 5.41) is 11.7. The Bertz CT molecular complexity index is 532. The Morgan fingerprint density at radius 3 is 1.70 bits per heavy atom. The van der Waals surface area contributed by atoms with E-state index in [9.17, 15) is 14.7 Å². The highest BCUT2D eigenvalue weighted by Gasteiger charge is 2.22. The van der Waals surface area contributed by atoms with E-state index < -0.39 is 12.0 Å². The molecule has 0 aromatic heterocycles. The molecule has 0 radical (unpaired) electrons. The van der Waals surface area contributed by atoms with Gasteiger partial charge >= 0.3 is 5.97 Å². The van der Waals surface area contributed by atoms with Crippen molar-refractivity contribution < 1.29 is 14.7 Å². The number of amides is 1. The van der Waals surface area contributed by atoms with Crippen LogP contribution in [0.15, 0.2) is 0 Å². The number of rotatable bonds is 4. The van der Waals surface area contributed by atoms with Gasteiger partial charge in [0, 0.05) is 13.3 Å². The number of carbonyl (C=O) groups is 2. The molecule has 0 fully saturated rings. The molecule has 0 aliphatic rings. The van der Waals surface area contributed by atoms with E-state index in [2.05, 4.69) is 26.1 Å². The predicted octanol–water partition coefficient (Wildman–Crippen LogP) is 2.36. The maximum Gasteiger partial charge on any atom is 0.326 e. The van der Waals surface area contributed by atoms with Crippen molar-refractivity contribution in [2.45, 2.75) is 54.0 Å². The summed E-state index contributed by atoms with van der Waals surface area (Å²) in [6, 6.07) is -0.883. The largest absolute Gasteiger partial charge is 0.480 e. The fourth-order valence-electron chi connectivity index (χ4n) is 2.53. The molecule has 0 saturated carbocycles. The monoisotopic (exact) mass is 277 g/mol. The van der Waals surface area contributed by atoms with Crippen molar-refractivity contribution in [3.8, 4) is 0 Å². The molecule has 1 atom stereocenters. The Morgan fingerprint density at radius 1 is 0.950 bits per heavy atom. The van der Waals surface area contributed by atoms with Crippen LogP contribution < -0.4 is 5.32 Å². The summed E-state index contributed by atoms with van der Waals surface area (Å²) in [5.41, 5.74) is 6.87. The number of aliphatic carboxylic acids is 1. The van der Waals surface area contributed by atoms with Crippen molar-refractivity contribution in [2.75, 3.05) is 0 Å². The first-order valence-electron chi connectivity index (χ1n) is 6.72. The number of carbonyl (C=O) groups excluding carboxylic acids is 1. The van der Waals surface area contributed by atoms with E-state index in [1.165, 1.54) is 23.6 Å². The Morgan fingerprint density at radius 2 is 1.35 bits per heavy atom. The molecular formula is C16H23NO3. The third-order valence-corrected chi connectivity index (χ3v) is 4.24. The molecule has 1 aromatic rings. The van der Waals surface area contributed by atoms with Gasteiger partial charge in [0.25, 0.3) is 0 Å². The Balaban J connectivity index is 3.26. The minimum atomic E-state index is -1.00. The van der Waals surface area contributed by atoms with E-state index in [4.69, 9.17) is 0 Å². The quantitative estimate of drug-likeness (QED) is 0.888. The smallest absolute Gasteiger partial charge is 0.326 e. The summed E-state index contributed by atoms with van der Waals surface area (Å²) < 4.78 is 0. The van der Waals surface area contributed by atoms with Crippen LogP contribution in [0.1, 0.15) is 40.3 Å². The highest BCUT2D eigenvalue weighted by molar-refractivity contribution is 5.82. The lowest BCUT2D eigenvalue weighted by Gasteiger charge is -2.21. The number of nitrogens with one attached hydrogen (secondary N) is 1. The van der Waals surface area contributed by atoms with Gasteiger partial charge in [-0.3, -0.25) is 4.79 Å². The summed E-state index contributed by atoms with van der Waals surface area (Å²) in [7, 11) is 0. The van der Waals surface area contributed by atoms with Crippen LogP contribution in [0.5, 0.6) is 0 Å². The Hall–Kier alpha value is -1.84. The van der Waals surface area contributed by atoms with Gasteiger partial charge in [-0.25, -0.2) is 4.79 Å². The second-order valence-electron chi connectivity index (χ2n) is 5.40. The minimum Gasteiger partial charge on any atom is -0.480 e. The van der Waals surface area contributed by atoms with Gasteiger partial charge in [-0.1, -0.05) is 0 Å². The van der Waals surface area contributed by atoms with Gasteiger partial charge in [-0.2, -0.15) is 0 Å². The summed E-state index contributed by atoms with van der Waals surface area (Å²) >= 11 is 0. The van der Waals surface area contributed by atoms with Crippen molar-refractivity contribution in [3.63, 3.8) is 0 Å². The molecule has 0 spiro atoms. The first-order valence-corrected chi connectivity index (χ1v) is 6.72. The summed E-state index contributed by atoms with van der Waals surface area (Å²) in [6.45, 7) is 11.5. The summed E-state index contributed by atoms with van der Waals surface area (Å²) in [6.07, 6.45) is 0.314. The SMILES string of the molecule is CC(=O)NC(Cc1c(C)c(C)c(C)c(C)c1C)C(=O)O. The number of carboxylic acid groups (broad SMARTS) is 1. The maximum atomic E-state index is 11.3. The lowest BCUT2D eigenvalue weighted by atomic mass is 9.87. The van der Waals surface area contributed by atoms with Crippen molar-refractivity contribution in [1.29, 1.82) is 0 Å². The van der Waals surface area contributed by atoms with Crippen LogP contribution in [0.25, 0.3) is 0 Å². The first-order chi connectivity index (χ1) is 9.16. The van der Waals surface area contributed by atoms with Crippen LogP contribution in [0.3, 0.4) is 0 Å². The van der Waals surface area contributed by atoms with Crippen molar-refractivity contribution in [3.05, 3.63) is 33.4 Å². The number of hydrogen-bond acceptors (Lipinski definition) is 2. The van der Waals surface area contributed by atoms with E-state index in [1.807, 2.05) is 13.8 Å². The van der Waals surface area contributed by atoms with Crippen molar-refractivity contribution >= 4 is 11.9 Å². The van der Waals surface area contributed by atoms with Gasteiger partial charge in [-0.05, 0) is 68.0 Å². The zero-order valence-corrected chi connectivity index (χ0v) is 13.0. The molecule has 0 saturated heterocycles. The van der Waals surface area contributed by atoms with Crippen molar-refractivity contribution in [1.82, 2.24) is 5.32 Å². The van der Waals surface area contributed by atoms with E-state index in [-0.39, 0.29) is 5.91 Å². The highest BCUT2D eigenvalue weighted by atomic mass is 16.4. The number of carboxylic acids is 1. The third kappa shape index (κ3) is 3.18. The maximum absolute atomic E-state index is 11.3. The predicted molar refractivity (Wildman–Crippen MR) is 79.1 cm³/mol. The molecule has 4 nitrogen and oxygen atoms in total. The molecule has 1 amide bonds. The number of benzene rings is 1.